The maximum Gasteiger partial charge on any atom is 0.325 e. The fourth-order valence-corrected chi connectivity index (χ4v) is 5.45. The zero-order valence-corrected chi connectivity index (χ0v) is 19.3. The van der Waals surface area contributed by atoms with Crippen LogP contribution in [0.3, 0.4) is 0 Å². The number of aryl methyl sites for hydroxylation is 1. The Balaban J connectivity index is 1.43. The molecule has 1 aliphatic heterocycles. The molecule has 9 nitrogen and oxygen atoms in total. The molecule has 1 atom stereocenters. The molecule has 1 unspecified atom stereocenters. The Morgan fingerprint density at radius 3 is 2.48 bits per heavy atom. The topological polar surface area (TPSA) is 116 Å². The minimum absolute atomic E-state index is 0.0513. The molecule has 2 N–H and O–H groups in total. The van der Waals surface area contributed by atoms with Crippen LogP contribution in [0.2, 0.25) is 0 Å². The monoisotopic (exact) mass is 470 g/mol. The van der Waals surface area contributed by atoms with Gasteiger partial charge < -0.3 is 10.6 Å². The molecular formula is C23H26N4O5S. The second-order valence-corrected chi connectivity index (χ2v) is 10.6. The lowest BCUT2D eigenvalue weighted by atomic mass is 9.78. The Hall–Kier alpha value is -3.24. The van der Waals surface area contributed by atoms with Gasteiger partial charge in [0.25, 0.3) is 5.91 Å². The lowest BCUT2D eigenvalue weighted by molar-refractivity contribution is -0.135. The number of imide groups is 1. The summed E-state index contributed by atoms with van der Waals surface area (Å²) in [5, 5.41) is 5.43. The van der Waals surface area contributed by atoms with E-state index < -0.39 is 40.0 Å². The van der Waals surface area contributed by atoms with Crippen molar-refractivity contribution in [2.24, 2.45) is 0 Å². The molecule has 0 aromatic heterocycles. The van der Waals surface area contributed by atoms with Gasteiger partial charge in [0.05, 0.1) is 4.90 Å². The van der Waals surface area contributed by atoms with Crippen LogP contribution in [0.5, 0.6) is 0 Å². The van der Waals surface area contributed by atoms with Crippen molar-refractivity contribution >= 4 is 27.9 Å². The van der Waals surface area contributed by atoms with Crippen LogP contribution in [0.1, 0.15) is 23.1 Å². The average molecular weight is 471 g/mol. The van der Waals surface area contributed by atoms with Crippen molar-refractivity contribution in [3.63, 3.8) is 0 Å². The molecule has 2 aliphatic rings. The fourth-order valence-electron chi connectivity index (χ4n) is 4.34. The van der Waals surface area contributed by atoms with Gasteiger partial charge >= 0.3 is 6.03 Å². The molecule has 0 bridgehead atoms. The fraction of sp³-hybridized carbons (Fsp3) is 0.348. The molecule has 4 rings (SSSR count). The van der Waals surface area contributed by atoms with Crippen LogP contribution in [-0.2, 0) is 39.0 Å². The van der Waals surface area contributed by atoms with Gasteiger partial charge in [-0.3, -0.25) is 14.5 Å². The standard InChI is InChI=1S/C23H26N4O5S/c1-26(2)33(31,32)19-10-6-5-9-18(19)14-24-20(28)15-27-21(29)23(25-22(27)30)12-11-16-7-3-4-8-17(16)13-23/h3-10H,11-15H2,1-2H3,(H,24,28)(H,25,30). The number of amides is 4. The zero-order valence-electron chi connectivity index (χ0n) is 18.5. The molecule has 174 valence electrons. The second kappa shape index (κ2) is 8.60. The largest absolute Gasteiger partial charge is 0.350 e. The van der Waals surface area contributed by atoms with Crippen molar-refractivity contribution in [3.05, 3.63) is 65.2 Å². The number of carbonyl (C=O) groups excluding carboxylic acids is 3. The number of carbonyl (C=O) groups is 3. The molecule has 1 fully saturated rings. The van der Waals surface area contributed by atoms with E-state index in [9.17, 15) is 22.8 Å². The number of sulfonamides is 1. The lowest BCUT2D eigenvalue weighted by Gasteiger charge is -2.32. The maximum atomic E-state index is 13.2. The van der Waals surface area contributed by atoms with Gasteiger partial charge in [-0.1, -0.05) is 42.5 Å². The summed E-state index contributed by atoms with van der Waals surface area (Å²) in [4.78, 5) is 39.3. The van der Waals surface area contributed by atoms with Crippen molar-refractivity contribution < 1.29 is 22.8 Å². The molecule has 0 radical (unpaired) electrons. The quantitative estimate of drug-likeness (QED) is 0.612. The molecule has 4 amide bonds. The highest BCUT2D eigenvalue weighted by Crippen LogP contribution is 2.33. The number of fused-ring (bicyclic) bond motifs is 1. The number of urea groups is 1. The van der Waals surface area contributed by atoms with Crippen molar-refractivity contribution in [1.82, 2.24) is 19.8 Å². The molecule has 1 saturated heterocycles. The van der Waals surface area contributed by atoms with Gasteiger partial charge in [0.2, 0.25) is 15.9 Å². The molecule has 2 aromatic carbocycles. The van der Waals surface area contributed by atoms with Gasteiger partial charge in [-0.25, -0.2) is 17.5 Å². The van der Waals surface area contributed by atoms with Gasteiger partial charge in [-0.15, -0.1) is 0 Å². The number of rotatable bonds is 6. The summed E-state index contributed by atoms with van der Waals surface area (Å²) in [6.07, 6.45) is 1.53. The van der Waals surface area contributed by atoms with Crippen LogP contribution in [0.4, 0.5) is 4.79 Å². The van der Waals surface area contributed by atoms with E-state index in [0.717, 1.165) is 20.3 Å². The van der Waals surface area contributed by atoms with Gasteiger partial charge in [0.1, 0.15) is 12.1 Å². The first-order chi connectivity index (χ1) is 15.6. The summed E-state index contributed by atoms with van der Waals surface area (Å²) in [5.41, 5.74) is 1.56. The van der Waals surface area contributed by atoms with Crippen LogP contribution >= 0.6 is 0 Å². The first kappa shape index (κ1) is 22.9. The minimum Gasteiger partial charge on any atom is -0.350 e. The summed E-state index contributed by atoms with van der Waals surface area (Å²) < 4.78 is 26.2. The van der Waals surface area contributed by atoms with Crippen molar-refractivity contribution in [2.75, 3.05) is 20.6 Å². The predicted molar refractivity (Wildman–Crippen MR) is 121 cm³/mol. The highest BCUT2D eigenvalue weighted by Gasteiger charge is 2.52. The number of benzene rings is 2. The van der Waals surface area contributed by atoms with Crippen molar-refractivity contribution in [3.8, 4) is 0 Å². The molecule has 2 aromatic rings. The van der Waals surface area contributed by atoms with Crippen LogP contribution < -0.4 is 10.6 Å². The predicted octanol–water partition coefficient (Wildman–Crippen LogP) is 1.03. The SMILES string of the molecule is CN(C)S(=O)(=O)c1ccccc1CNC(=O)CN1C(=O)NC2(CCc3ccccc3C2)C1=O. The van der Waals surface area contributed by atoms with E-state index in [0.29, 0.717) is 24.8 Å². The van der Waals surface area contributed by atoms with E-state index in [1.165, 1.54) is 20.2 Å². The average Bonchev–Trinajstić information content (AvgIpc) is 3.01. The Bertz CT molecular complexity index is 1230. The van der Waals surface area contributed by atoms with E-state index in [-0.39, 0.29) is 11.4 Å². The van der Waals surface area contributed by atoms with Gasteiger partial charge in [-0.2, -0.15) is 0 Å². The Kier molecular flexibility index (Phi) is 5.98. The summed E-state index contributed by atoms with van der Waals surface area (Å²) >= 11 is 0. The maximum absolute atomic E-state index is 13.2. The summed E-state index contributed by atoms with van der Waals surface area (Å²) in [6, 6.07) is 13.6. The molecule has 1 aliphatic carbocycles. The van der Waals surface area contributed by atoms with Crippen LogP contribution in [0, 0.1) is 0 Å². The minimum atomic E-state index is -3.69. The third-order valence-electron chi connectivity index (χ3n) is 6.19. The van der Waals surface area contributed by atoms with Gasteiger partial charge in [-0.05, 0) is 35.6 Å². The summed E-state index contributed by atoms with van der Waals surface area (Å²) in [5.74, 6) is -0.962. The molecule has 1 heterocycles. The number of nitrogens with one attached hydrogen (secondary N) is 2. The van der Waals surface area contributed by atoms with E-state index in [1.807, 2.05) is 24.3 Å². The van der Waals surface area contributed by atoms with Crippen LogP contribution in [0.15, 0.2) is 53.4 Å². The third kappa shape index (κ3) is 4.23. The van der Waals surface area contributed by atoms with Crippen LogP contribution in [0.25, 0.3) is 0 Å². The van der Waals surface area contributed by atoms with Gasteiger partial charge in [0.15, 0.2) is 0 Å². The highest BCUT2D eigenvalue weighted by atomic mass is 32.2. The second-order valence-electron chi connectivity index (χ2n) is 8.52. The van der Waals surface area contributed by atoms with Gasteiger partial charge in [0, 0.05) is 27.1 Å². The smallest absolute Gasteiger partial charge is 0.325 e. The highest BCUT2D eigenvalue weighted by molar-refractivity contribution is 7.89. The number of hydrogen-bond donors (Lipinski definition) is 2. The third-order valence-corrected chi connectivity index (χ3v) is 8.10. The Labute approximate surface area is 192 Å². The molecule has 33 heavy (non-hydrogen) atoms. The molecule has 1 spiro atoms. The number of nitrogens with zero attached hydrogens (tertiary/aromatic N) is 2. The Morgan fingerprint density at radius 1 is 1.09 bits per heavy atom. The molecular weight excluding hydrogens is 444 g/mol. The van der Waals surface area contributed by atoms with Crippen molar-refractivity contribution in [2.45, 2.75) is 36.2 Å². The summed E-state index contributed by atoms with van der Waals surface area (Å²) in [7, 11) is -0.820. The molecule has 0 saturated carbocycles. The lowest BCUT2D eigenvalue weighted by Crippen LogP contribution is -2.51. The Morgan fingerprint density at radius 2 is 1.76 bits per heavy atom. The first-order valence-electron chi connectivity index (χ1n) is 10.6. The van der Waals surface area contributed by atoms with E-state index in [2.05, 4.69) is 10.6 Å². The van der Waals surface area contributed by atoms with Crippen molar-refractivity contribution in [1.29, 1.82) is 0 Å². The van der Waals surface area contributed by atoms with E-state index >= 15 is 0 Å². The molecule has 10 heteroatoms. The summed E-state index contributed by atoms with van der Waals surface area (Å²) in [6.45, 7) is -0.485. The number of hydrogen-bond acceptors (Lipinski definition) is 5. The first-order valence-corrected chi connectivity index (χ1v) is 12.1. The van der Waals surface area contributed by atoms with E-state index in [4.69, 9.17) is 0 Å². The van der Waals surface area contributed by atoms with Crippen LogP contribution in [-0.4, -0.2) is 61.6 Å². The zero-order chi connectivity index (χ0) is 23.8. The normalized spacial score (nSPS) is 20.2. The van der Waals surface area contributed by atoms with E-state index in [1.54, 1.807) is 18.2 Å².